The fourth-order valence-corrected chi connectivity index (χ4v) is 2.81. The van der Waals surface area contributed by atoms with Crippen molar-refractivity contribution in [2.45, 2.75) is 33.1 Å². The van der Waals surface area contributed by atoms with E-state index in [1.54, 1.807) is 25.3 Å². The number of carbonyl (C=O) groups is 2. The molecule has 0 saturated heterocycles. The summed E-state index contributed by atoms with van der Waals surface area (Å²) in [5.41, 5.74) is -0.486. The number of hydrogen-bond acceptors (Lipinski definition) is 3. The maximum atomic E-state index is 12.1. The topological polar surface area (TPSA) is 54.4 Å². The first-order chi connectivity index (χ1) is 7.28. The van der Waals surface area contributed by atoms with Gasteiger partial charge in [-0.05, 0) is 25.3 Å². The summed E-state index contributed by atoms with van der Waals surface area (Å²) in [6, 6.07) is 1.55. The third-order valence-corrected chi connectivity index (χ3v) is 3.84. The van der Waals surface area contributed by atoms with E-state index in [-0.39, 0.29) is 17.3 Å². The van der Waals surface area contributed by atoms with Crippen LogP contribution in [0.1, 0.15) is 42.9 Å². The molecular formula is C12H16O3S. The number of Topliss-reactive ketones (excluding diaryl/α,β-unsaturated/α-hetero) is 1. The maximum absolute atomic E-state index is 12.1. The summed E-state index contributed by atoms with van der Waals surface area (Å²) in [5, 5.41) is 10.8. The minimum Gasteiger partial charge on any atom is -0.478 e. The largest absolute Gasteiger partial charge is 0.478 e. The number of carboxylic acids is 1. The molecule has 88 valence electrons. The van der Waals surface area contributed by atoms with Crippen LogP contribution in [-0.2, 0) is 10.2 Å². The summed E-state index contributed by atoms with van der Waals surface area (Å²) in [7, 11) is 0. The van der Waals surface area contributed by atoms with Gasteiger partial charge in [-0.3, -0.25) is 4.79 Å². The Kier molecular flexibility index (Phi) is 3.53. The van der Waals surface area contributed by atoms with E-state index in [1.165, 1.54) is 11.3 Å². The molecule has 0 bridgehead atoms. The van der Waals surface area contributed by atoms with Crippen LogP contribution in [0.15, 0.2) is 11.4 Å². The highest BCUT2D eigenvalue weighted by Gasteiger charge is 2.35. The lowest BCUT2D eigenvalue weighted by Crippen LogP contribution is -2.33. The van der Waals surface area contributed by atoms with Crippen LogP contribution in [-0.4, -0.2) is 16.9 Å². The SMILES string of the molecule is CC(C)C(=O)C(C)(C)c1sccc1C(=O)O. The minimum atomic E-state index is -0.971. The van der Waals surface area contributed by atoms with Gasteiger partial charge in [0.15, 0.2) is 0 Å². The van der Waals surface area contributed by atoms with Gasteiger partial charge in [-0.25, -0.2) is 4.79 Å². The Balaban J connectivity index is 3.21. The van der Waals surface area contributed by atoms with Crippen LogP contribution in [0.4, 0.5) is 0 Å². The molecule has 0 aliphatic heterocycles. The van der Waals surface area contributed by atoms with Crippen LogP contribution in [0.2, 0.25) is 0 Å². The van der Waals surface area contributed by atoms with Gasteiger partial charge in [0.1, 0.15) is 5.78 Å². The molecule has 1 aromatic heterocycles. The number of rotatable bonds is 4. The lowest BCUT2D eigenvalue weighted by Gasteiger charge is -2.24. The predicted octanol–water partition coefficient (Wildman–Crippen LogP) is 2.95. The molecule has 0 atom stereocenters. The lowest BCUT2D eigenvalue weighted by atomic mass is 9.80. The summed E-state index contributed by atoms with van der Waals surface area (Å²) in [4.78, 5) is 23.7. The second-order valence-electron chi connectivity index (χ2n) is 4.61. The number of thiophene rings is 1. The molecular weight excluding hydrogens is 224 g/mol. The van der Waals surface area contributed by atoms with Gasteiger partial charge in [0.05, 0.1) is 11.0 Å². The zero-order chi connectivity index (χ0) is 12.5. The zero-order valence-electron chi connectivity index (χ0n) is 9.90. The van der Waals surface area contributed by atoms with Crippen LogP contribution < -0.4 is 0 Å². The molecule has 0 aliphatic carbocycles. The summed E-state index contributed by atoms with van der Waals surface area (Å²) in [6.45, 7) is 7.23. The standard InChI is InChI=1S/C12H16O3S/c1-7(2)9(13)12(3,4)10-8(11(14)15)5-6-16-10/h5-7H,1-4H3,(H,14,15). The smallest absolute Gasteiger partial charge is 0.336 e. The van der Waals surface area contributed by atoms with Crippen LogP contribution in [0, 0.1) is 5.92 Å². The molecule has 1 N–H and O–H groups in total. The normalized spacial score (nSPS) is 11.8. The second-order valence-corrected chi connectivity index (χ2v) is 5.53. The number of aromatic carboxylic acids is 1. The molecule has 1 heterocycles. The van der Waals surface area contributed by atoms with Crippen LogP contribution in [0.3, 0.4) is 0 Å². The first-order valence-corrected chi connectivity index (χ1v) is 6.02. The van der Waals surface area contributed by atoms with E-state index in [0.29, 0.717) is 4.88 Å². The predicted molar refractivity (Wildman–Crippen MR) is 64.1 cm³/mol. The van der Waals surface area contributed by atoms with E-state index in [1.807, 2.05) is 13.8 Å². The monoisotopic (exact) mass is 240 g/mol. The number of hydrogen-bond donors (Lipinski definition) is 1. The van der Waals surface area contributed by atoms with Crippen LogP contribution in [0.5, 0.6) is 0 Å². The van der Waals surface area contributed by atoms with E-state index >= 15 is 0 Å². The molecule has 0 amide bonds. The Bertz CT molecular complexity index is 416. The molecule has 16 heavy (non-hydrogen) atoms. The molecule has 0 aliphatic rings. The Morgan fingerprint density at radius 3 is 2.38 bits per heavy atom. The average molecular weight is 240 g/mol. The molecule has 1 aromatic rings. The molecule has 0 unspecified atom stereocenters. The Morgan fingerprint density at radius 2 is 1.94 bits per heavy atom. The average Bonchev–Trinajstić information content (AvgIpc) is 2.65. The van der Waals surface area contributed by atoms with E-state index in [9.17, 15) is 9.59 Å². The van der Waals surface area contributed by atoms with Crippen LogP contribution >= 0.6 is 11.3 Å². The highest BCUT2D eigenvalue weighted by Crippen LogP contribution is 2.34. The van der Waals surface area contributed by atoms with Gasteiger partial charge in [0.25, 0.3) is 0 Å². The van der Waals surface area contributed by atoms with Gasteiger partial charge < -0.3 is 5.11 Å². The summed E-state index contributed by atoms with van der Waals surface area (Å²) >= 11 is 1.33. The van der Waals surface area contributed by atoms with Crippen molar-refractivity contribution in [1.29, 1.82) is 0 Å². The molecule has 4 heteroatoms. The van der Waals surface area contributed by atoms with E-state index in [4.69, 9.17) is 5.11 Å². The third kappa shape index (κ3) is 2.16. The second kappa shape index (κ2) is 4.37. The van der Waals surface area contributed by atoms with E-state index in [0.717, 1.165) is 0 Å². The lowest BCUT2D eigenvalue weighted by molar-refractivity contribution is -0.126. The summed E-state index contributed by atoms with van der Waals surface area (Å²) in [5.74, 6) is -1.00. The Morgan fingerprint density at radius 1 is 1.38 bits per heavy atom. The summed E-state index contributed by atoms with van der Waals surface area (Å²) < 4.78 is 0. The Hall–Kier alpha value is -1.16. The maximum Gasteiger partial charge on any atom is 0.336 e. The van der Waals surface area contributed by atoms with Crippen molar-refractivity contribution in [3.05, 3.63) is 21.9 Å². The van der Waals surface area contributed by atoms with Crippen molar-refractivity contribution < 1.29 is 14.7 Å². The van der Waals surface area contributed by atoms with Crippen LogP contribution in [0.25, 0.3) is 0 Å². The molecule has 0 spiro atoms. The quantitative estimate of drug-likeness (QED) is 0.880. The van der Waals surface area contributed by atoms with Gasteiger partial charge in [-0.2, -0.15) is 0 Å². The number of ketones is 1. The van der Waals surface area contributed by atoms with Crippen molar-refractivity contribution in [2.24, 2.45) is 5.92 Å². The first-order valence-electron chi connectivity index (χ1n) is 5.14. The molecule has 0 aromatic carbocycles. The van der Waals surface area contributed by atoms with Crippen molar-refractivity contribution in [3.63, 3.8) is 0 Å². The van der Waals surface area contributed by atoms with Crippen molar-refractivity contribution in [3.8, 4) is 0 Å². The highest BCUT2D eigenvalue weighted by molar-refractivity contribution is 7.10. The minimum absolute atomic E-state index is 0.0671. The summed E-state index contributed by atoms with van der Waals surface area (Å²) in [6.07, 6.45) is 0. The van der Waals surface area contributed by atoms with Gasteiger partial charge >= 0.3 is 5.97 Å². The third-order valence-electron chi connectivity index (χ3n) is 2.60. The van der Waals surface area contributed by atoms with Gasteiger partial charge in [0.2, 0.25) is 0 Å². The molecule has 3 nitrogen and oxygen atoms in total. The van der Waals surface area contributed by atoms with E-state index < -0.39 is 11.4 Å². The fourth-order valence-electron chi connectivity index (χ4n) is 1.80. The van der Waals surface area contributed by atoms with Gasteiger partial charge in [0, 0.05) is 10.8 Å². The highest BCUT2D eigenvalue weighted by atomic mass is 32.1. The zero-order valence-corrected chi connectivity index (χ0v) is 10.7. The number of carbonyl (C=O) groups excluding carboxylic acids is 1. The number of carboxylic acid groups (broad SMARTS) is 1. The van der Waals surface area contributed by atoms with Crippen molar-refractivity contribution >= 4 is 23.1 Å². The Labute approximate surface area is 99.1 Å². The first kappa shape index (κ1) is 12.9. The molecule has 0 saturated carbocycles. The molecule has 0 fully saturated rings. The van der Waals surface area contributed by atoms with Gasteiger partial charge in [-0.1, -0.05) is 13.8 Å². The van der Waals surface area contributed by atoms with E-state index in [2.05, 4.69) is 0 Å². The fraction of sp³-hybridized carbons (Fsp3) is 0.500. The molecule has 1 rings (SSSR count). The van der Waals surface area contributed by atoms with Crippen molar-refractivity contribution in [2.75, 3.05) is 0 Å². The van der Waals surface area contributed by atoms with Crippen molar-refractivity contribution in [1.82, 2.24) is 0 Å². The molecule has 0 radical (unpaired) electrons. The van der Waals surface area contributed by atoms with Gasteiger partial charge in [-0.15, -0.1) is 11.3 Å².